The second-order valence-electron chi connectivity index (χ2n) is 6.77. The van der Waals surface area contributed by atoms with Crippen LogP contribution in [0.4, 0.5) is 10.1 Å². The van der Waals surface area contributed by atoms with E-state index in [1.54, 1.807) is 23.1 Å². The molecule has 2 heterocycles. The van der Waals surface area contributed by atoms with E-state index < -0.39 is 5.92 Å². The molecule has 0 bridgehead atoms. The number of halogens is 2. The fourth-order valence-corrected chi connectivity index (χ4v) is 5.00. The predicted octanol–water partition coefficient (Wildman–Crippen LogP) is 5.01. The Hall–Kier alpha value is -2.49. The maximum Gasteiger partial charge on any atom is 0.229 e. The van der Waals surface area contributed by atoms with Crippen LogP contribution in [0.15, 0.2) is 53.1 Å². The standard InChI is InChI=1S/C21H17ClFN3OS/c1-13-17(22)6-4-8-19(13)25-11-26-20(27)9-15(14-5-2-3-7-18(14)23)16(10-24)21(26)28-12-25/h2-8,15H,9,11-12H2,1H3/t15-/m0/s1. The monoisotopic (exact) mass is 413 g/mol. The number of carbonyl (C=O) groups is 1. The third-order valence-corrected chi connectivity index (χ3v) is 6.72. The summed E-state index contributed by atoms with van der Waals surface area (Å²) in [4.78, 5) is 16.6. The molecule has 1 amide bonds. The maximum atomic E-state index is 14.3. The van der Waals surface area contributed by atoms with E-state index in [1.807, 2.05) is 25.1 Å². The third kappa shape index (κ3) is 3.15. The molecule has 7 heteroatoms. The van der Waals surface area contributed by atoms with E-state index in [2.05, 4.69) is 11.0 Å². The van der Waals surface area contributed by atoms with Crippen molar-refractivity contribution in [1.82, 2.24) is 4.90 Å². The van der Waals surface area contributed by atoms with Crippen LogP contribution in [-0.4, -0.2) is 23.4 Å². The minimum absolute atomic E-state index is 0.0796. The third-order valence-electron chi connectivity index (χ3n) is 5.15. The molecule has 2 aliphatic heterocycles. The molecule has 28 heavy (non-hydrogen) atoms. The normalized spacial score (nSPS) is 19.5. The van der Waals surface area contributed by atoms with Gasteiger partial charge in [0.25, 0.3) is 0 Å². The minimum atomic E-state index is -0.545. The second-order valence-corrected chi connectivity index (χ2v) is 8.11. The maximum absolute atomic E-state index is 14.3. The second kappa shape index (κ2) is 7.50. The largest absolute Gasteiger partial charge is 0.343 e. The molecule has 1 saturated heterocycles. The van der Waals surface area contributed by atoms with Gasteiger partial charge in [-0.3, -0.25) is 9.69 Å². The molecule has 0 spiro atoms. The van der Waals surface area contributed by atoms with Crippen molar-refractivity contribution >= 4 is 35.0 Å². The van der Waals surface area contributed by atoms with Gasteiger partial charge in [0.1, 0.15) is 5.82 Å². The van der Waals surface area contributed by atoms with Crippen LogP contribution in [0.25, 0.3) is 0 Å². The van der Waals surface area contributed by atoms with Crippen LogP contribution in [0.1, 0.15) is 23.5 Å². The summed E-state index contributed by atoms with van der Waals surface area (Å²) in [5.74, 6) is -0.467. The van der Waals surface area contributed by atoms with E-state index in [4.69, 9.17) is 11.6 Å². The van der Waals surface area contributed by atoms with Crippen molar-refractivity contribution < 1.29 is 9.18 Å². The molecule has 1 atom stereocenters. The number of hydrogen-bond donors (Lipinski definition) is 0. The van der Waals surface area contributed by atoms with Crippen molar-refractivity contribution in [3.05, 3.63) is 75.0 Å². The van der Waals surface area contributed by atoms with Gasteiger partial charge in [0.05, 0.1) is 29.2 Å². The molecular weight excluding hydrogens is 397 g/mol. The fourth-order valence-electron chi connectivity index (χ4n) is 3.68. The molecule has 0 unspecified atom stereocenters. The Morgan fingerprint density at radius 3 is 2.79 bits per heavy atom. The van der Waals surface area contributed by atoms with Crippen molar-refractivity contribution in [2.75, 3.05) is 17.4 Å². The van der Waals surface area contributed by atoms with Gasteiger partial charge in [-0.25, -0.2) is 4.39 Å². The van der Waals surface area contributed by atoms with Crippen molar-refractivity contribution in [2.45, 2.75) is 19.3 Å². The van der Waals surface area contributed by atoms with Gasteiger partial charge in [-0.2, -0.15) is 5.26 Å². The first-order valence-corrected chi connectivity index (χ1v) is 10.2. The summed E-state index contributed by atoms with van der Waals surface area (Å²) in [7, 11) is 0. The summed E-state index contributed by atoms with van der Waals surface area (Å²) in [6.07, 6.45) is 0.0796. The van der Waals surface area contributed by atoms with Gasteiger partial charge >= 0.3 is 0 Å². The van der Waals surface area contributed by atoms with Crippen LogP contribution in [0.2, 0.25) is 5.02 Å². The Bertz CT molecular complexity index is 1030. The van der Waals surface area contributed by atoms with E-state index in [0.717, 1.165) is 11.3 Å². The fraction of sp³-hybridized carbons (Fsp3) is 0.238. The molecule has 2 aliphatic rings. The highest BCUT2D eigenvalue weighted by molar-refractivity contribution is 8.03. The number of thioether (sulfide) groups is 1. The molecule has 0 aromatic heterocycles. The van der Waals surface area contributed by atoms with Crippen LogP contribution in [-0.2, 0) is 4.79 Å². The molecule has 0 radical (unpaired) electrons. The first-order chi connectivity index (χ1) is 13.5. The minimum Gasteiger partial charge on any atom is -0.343 e. The van der Waals surface area contributed by atoms with Crippen LogP contribution < -0.4 is 4.90 Å². The van der Waals surface area contributed by atoms with Gasteiger partial charge in [-0.15, -0.1) is 0 Å². The zero-order chi connectivity index (χ0) is 19.8. The zero-order valence-electron chi connectivity index (χ0n) is 15.2. The highest BCUT2D eigenvalue weighted by Crippen LogP contribution is 2.44. The van der Waals surface area contributed by atoms with Crippen molar-refractivity contribution in [3.8, 4) is 6.07 Å². The number of anilines is 1. The quantitative estimate of drug-likeness (QED) is 0.694. The molecule has 1 fully saturated rings. The number of nitrogens with zero attached hydrogens (tertiary/aromatic N) is 3. The average molecular weight is 414 g/mol. The summed E-state index contributed by atoms with van der Waals surface area (Å²) < 4.78 is 14.3. The smallest absolute Gasteiger partial charge is 0.229 e. The van der Waals surface area contributed by atoms with Gasteiger partial charge in [-0.1, -0.05) is 47.6 Å². The molecule has 2 aromatic rings. The van der Waals surface area contributed by atoms with Gasteiger partial charge in [0.15, 0.2) is 0 Å². The summed E-state index contributed by atoms with van der Waals surface area (Å²) in [6.45, 7) is 2.29. The average Bonchev–Trinajstić information content (AvgIpc) is 2.70. The lowest BCUT2D eigenvalue weighted by molar-refractivity contribution is -0.129. The number of hydrogen-bond acceptors (Lipinski definition) is 4. The number of amides is 1. The first kappa shape index (κ1) is 18.9. The molecule has 142 valence electrons. The lowest BCUT2D eigenvalue weighted by Gasteiger charge is -2.42. The topological polar surface area (TPSA) is 47.3 Å². The Morgan fingerprint density at radius 2 is 2.04 bits per heavy atom. The van der Waals surface area contributed by atoms with Gasteiger partial charge in [0.2, 0.25) is 5.91 Å². The highest BCUT2D eigenvalue weighted by Gasteiger charge is 2.39. The molecule has 0 aliphatic carbocycles. The van der Waals surface area contributed by atoms with Crippen LogP contribution >= 0.6 is 23.4 Å². The predicted molar refractivity (Wildman–Crippen MR) is 109 cm³/mol. The lowest BCUT2D eigenvalue weighted by Crippen LogP contribution is -2.47. The van der Waals surface area contributed by atoms with Gasteiger partial charge < -0.3 is 4.90 Å². The van der Waals surface area contributed by atoms with E-state index in [-0.39, 0.29) is 18.1 Å². The molecule has 0 saturated carbocycles. The Morgan fingerprint density at radius 1 is 1.25 bits per heavy atom. The summed E-state index contributed by atoms with van der Waals surface area (Å²) in [6, 6.07) is 14.3. The van der Waals surface area contributed by atoms with Gasteiger partial charge in [-0.05, 0) is 36.2 Å². The number of carbonyl (C=O) groups excluding carboxylic acids is 1. The van der Waals surface area contributed by atoms with Crippen molar-refractivity contribution in [2.24, 2.45) is 0 Å². The number of allylic oxidation sites excluding steroid dienone is 1. The Kier molecular flexibility index (Phi) is 5.05. The summed E-state index contributed by atoms with van der Waals surface area (Å²) >= 11 is 7.67. The van der Waals surface area contributed by atoms with E-state index in [1.165, 1.54) is 17.8 Å². The zero-order valence-corrected chi connectivity index (χ0v) is 16.7. The number of nitriles is 1. The lowest BCUT2D eigenvalue weighted by atomic mass is 9.86. The summed E-state index contributed by atoms with van der Waals surface area (Å²) in [5.41, 5.74) is 2.76. The van der Waals surface area contributed by atoms with E-state index >= 15 is 0 Å². The number of fused-ring (bicyclic) bond motifs is 1. The Labute approximate surface area is 172 Å². The highest BCUT2D eigenvalue weighted by atomic mass is 35.5. The SMILES string of the molecule is Cc1c(Cl)cccc1N1CSC2=C(C#N)[C@H](c3ccccc3F)CC(=O)N2C1. The van der Waals surface area contributed by atoms with Crippen molar-refractivity contribution in [1.29, 1.82) is 5.26 Å². The molecule has 0 N–H and O–H groups in total. The molecule has 4 nitrogen and oxygen atoms in total. The van der Waals surface area contributed by atoms with Gasteiger partial charge in [0, 0.05) is 23.0 Å². The van der Waals surface area contributed by atoms with E-state index in [9.17, 15) is 14.4 Å². The molecule has 4 rings (SSSR count). The first-order valence-electron chi connectivity index (χ1n) is 8.83. The van der Waals surface area contributed by atoms with E-state index in [0.29, 0.717) is 33.7 Å². The summed E-state index contributed by atoms with van der Waals surface area (Å²) in [5, 5.41) is 11.1. The number of benzene rings is 2. The number of rotatable bonds is 2. The van der Waals surface area contributed by atoms with Crippen LogP contribution in [0.3, 0.4) is 0 Å². The van der Waals surface area contributed by atoms with Crippen LogP contribution in [0.5, 0.6) is 0 Å². The molecular formula is C21H17ClFN3OS. The Balaban J connectivity index is 1.70. The van der Waals surface area contributed by atoms with Crippen molar-refractivity contribution in [3.63, 3.8) is 0 Å². The van der Waals surface area contributed by atoms with Crippen LogP contribution in [0, 0.1) is 24.1 Å². The molecule has 2 aromatic carbocycles.